The van der Waals surface area contributed by atoms with Gasteiger partial charge in [0.05, 0.1) is 17.7 Å². The van der Waals surface area contributed by atoms with E-state index in [9.17, 15) is 9.90 Å². The molecule has 2 fully saturated rings. The molecule has 2 aliphatic heterocycles. The third kappa shape index (κ3) is 3.99. The van der Waals surface area contributed by atoms with Gasteiger partial charge < -0.3 is 19.9 Å². The van der Waals surface area contributed by atoms with Gasteiger partial charge in [-0.2, -0.15) is 0 Å². The van der Waals surface area contributed by atoms with Crippen molar-refractivity contribution in [3.8, 4) is 28.3 Å². The molecule has 0 saturated carbocycles. The van der Waals surface area contributed by atoms with Crippen molar-refractivity contribution in [2.75, 3.05) is 11.9 Å². The van der Waals surface area contributed by atoms with Crippen molar-refractivity contribution in [3.05, 3.63) is 53.1 Å². The molecule has 8 heteroatoms. The fraction of sp³-hybridized carbons (Fsp3) is 0.440. The minimum atomic E-state index is -0.154. The number of rotatable bonds is 4. The highest BCUT2D eigenvalue weighted by atomic mass is 16.3. The fourth-order valence-electron chi connectivity index (χ4n) is 5.47. The van der Waals surface area contributed by atoms with Gasteiger partial charge in [0.1, 0.15) is 5.75 Å². The molecule has 0 spiro atoms. The quantitative estimate of drug-likeness (QED) is 0.636. The highest BCUT2D eigenvalue weighted by Crippen LogP contribution is 2.43. The summed E-state index contributed by atoms with van der Waals surface area (Å²) in [5.74, 6) is 0.902. The average Bonchev–Trinajstić information content (AvgIpc) is 3.01. The second-order valence-electron chi connectivity index (χ2n) is 10.2. The van der Waals surface area contributed by atoms with E-state index < -0.39 is 0 Å². The van der Waals surface area contributed by atoms with E-state index in [1.54, 1.807) is 19.2 Å². The number of hydrogen-bond donors (Lipinski definition) is 2. The lowest BCUT2D eigenvalue weighted by atomic mass is 9.84. The molecule has 5 rings (SSSR count). The zero-order valence-corrected chi connectivity index (χ0v) is 19.5. The third-order valence-electron chi connectivity index (χ3n) is 7.31. The summed E-state index contributed by atoms with van der Waals surface area (Å²) in [7, 11) is 3.74. The van der Waals surface area contributed by atoms with Crippen LogP contribution >= 0.6 is 0 Å². The Bertz CT molecular complexity index is 1240. The van der Waals surface area contributed by atoms with E-state index in [2.05, 4.69) is 46.3 Å². The molecule has 0 amide bonds. The lowest BCUT2D eigenvalue weighted by molar-refractivity contribution is 0.207. The molecule has 0 unspecified atom stereocenters. The van der Waals surface area contributed by atoms with E-state index in [1.807, 2.05) is 18.2 Å². The fourth-order valence-corrected chi connectivity index (χ4v) is 5.47. The van der Waals surface area contributed by atoms with Crippen molar-refractivity contribution in [2.45, 2.75) is 56.7 Å². The van der Waals surface area contributed by atoms with Gasteiger partial charge in [0.15, 0.2) is 5.82 Å². The van der Waals surface area contributed by atoms with Gasteiger partial charge in [0.25, 0.3) is 5.56 Å². The van der Waals surface area contributed by atoms with E-state index in [-0.39, 0.29) is 22.4 Å². The molecule has 2 N–H and O–H groups in total. The molecule has 3 atom stereocenters. The Morgan fingerprint density at radius 1 is 1.06 bits per heavy atom. The number of fused-ring (bicyclic) bond motifs is 2. The second kappa shape index (κ2) is 7.66. The van der Waals surface area contributed by atoms with Crippen molar-refractivity contribution in [1.82, 2.24) is 25.1 Å². The van der Waals surface area contributed by atoms with Gasteiger partial charge in [-0.25, -0.2) is 4.98 Å². The number of hydrogen-bond acceptors (Lipinski definition) is 7. The maximum absolute atomic E-state index is 11.9. The summed E-state index contributed by atoms with van der Waals surface area (Å²) in [5, 5.41) is 23.3. The van der Waals surface area contributed by atoms with Crippen LogP contribution in [-0.2, 0) is 7.05 Å². The summed E-state index contributed by atoms with van der Waals surface area (Å²) in [6.45, 7) is 4.64. The Labute approximate surface area is 193 Å². The number of anilines is 1. The first kappa shape index (κ1) is 21.6. The summed E-state index contributed by atoms with van der Waals surface area (Å²) >= 11 is 0. The Hall–Kier alpha value is -3.26. The monoisotopic (exact) mass is 446 g/mol. The van der Waals surface area contributed by atoms with Gasteiger partial charge in [-0.3, -0.25) is 4.79 Å². The van der Waals surface area contributed by atoms with Crippen LogP contribution in [0.2, 0.25) is 0 Å². The molecule has 0 radical (unpaired) electrons. The minimum absolute atomic E-state index is 0.0705. The molecular formula is C25H30N6O2. The standard InChI is InChI=1S/C25H30N6O2/c1-24-9-10-25(2,29-24)14-17(13-24)31(4)22-8-7-19(27-28-22)18-6-5-16(11-21(18)32)20-12-23(33)30(3)15-26-20/h5-8,11-12,15,17,29,32H,9-10,13-14H2,1-4H3/t17-,24-,25+. The second-order valence-corrected chi connectivity index (χ2v) is 10.2. The van der Waals surface area contributed by atoms with Crippen molar-refractivity contribution in [1.29, 1.82) is 0 Å². The molecular weight excluding hydrogens is 416 g/mol. The number of aromatic nitrogens is 4. The summed E-state index contributed by atoms with van der Waals surface area (Å²) in [5.41, 5.74) is 2.58. The van der Waals surface area contributed by atoms with Gasteiger partial charge in [-0.05, 0) is 63.8 Å². The largest absolute Gasteiger partial charge is 0.507 e. The van der Waals surface area contributed by atoms with Crippen LogP contribution in [0.3, 0.4) is 0 Å². The number of benzene rings is 1. The van der Waals surface area contributed by atoms with Crippen LogP contribution < -0.4 is 15.8 Å². The van der Waals surface area contributed by atoms with Crippen molar-refractivity contribution in [3.63, 3.8) is 0 Å². The summed E-state index contributed by atoms with van der Waals surface area (Å²) < 4.78 is 1.40. The number of aromatic hydroxyl groups is 1. The Balaban J connectivity index is 1.36. The smallest absolute Gasteiger partial charge is 0.253 e. The first-order chi connectivity index (χ1) is 15.6. The summed E-state index contributed by atoms with van der Waals surface area (Å²) in [4.78, 5) is 18.4. The van der Waals surface area contributed by atoms with Crippen LogP contribution in [0.5, 0.6) is 5.75 Å². The van der Waals surface area contributed by atoms with E-state index in [0.29, 0.717) is 28.6 Å². The number of phenols is 1. The van der Waals surface area contributed by atoms with Gasteiger partial charge in [0, 0.05) is 48.4 Å². The Morgan fingerprint density at radius 2 is 1.79 bits per heavy atom. The molecule has 3 aromatic rings. The van der Waals surface area contributed by atoms with E-state index in [4.69, 9.17) is 0 Å². The lowest BCUT2D eigenvalue weighted by Gasteiger charge is -2.45. The van der Waals surface area contributed by atoms with Gasteiger partial charge in [-0.15, -0.1) is 10.2 Å². The molecule has 0 aliphatic carbocycles. The minimum Gasteiger partial charge on any atom is -0.507 e. The summed E-state index contributed by atoms with van der Waals surface area (Å²) in [6, 6.07) is 10.9. The molecule has 4 heterocycles. The van der Waals surface area contributed by atoms with Crippen LogP contribution in [0.15, 0.2) is 47.5 Å². The molecule has 8 nitrogen and oxygen atoms in total. The molecule has 2 aliphatic rings. The topological polar surface area (TPSA) is 96.2 Å². The number of nitrogens with zero attached hydrogens (tertiary/aromatic N) is 5. The molecule has 2 aromatic heterocycles. The highest BCUT2D eigenvalue weighted by molar-refractivity contribution is 5.73. The highest BCUT2D eigenvalue weighted by Gasteiger charge is 2.49. The predicted octanol–water partition coefficient (Wildman–Crippen LogP) is 3.11. The molecule has 1 aromatic carbocycles. The number of piperidine rings is 1. The Morgan fingerprint density at radius 3 is 2.39 bits per heavy atom. The van der Waals surface area contributed by atoms with Crippen LogP contribution in [0, 0.1) is 0 Å². The van der Waals surface area contributed by atoms with Crippen LogP contribution in [0.1, 0.15) is 39.5 Å². The van der Waals surface area contributed by atoms with Gasteiger partial charge >= 0.3 is 0 Å². The van der Waals surface area contributed by atoms with Crippen molar-refractivity contribution >= 4 is 5.82 Å². The maximum atomic E-state index is 11.9. The zero-order valence-electron chi connectivity index (χ0n) is 19.5. The van der Waals surface area contributed by atoms with Crippen LogP contribution in [0.25, 0.3) is 22.5 Å². The van der Waals surface area contributed by atoms with Gasteiger partial charge in [0.2, 0.25) is 0 Å². The van der Waals surface area contributed by atoms with Crippen molar-refractivity contribution < 1.29 is 5.11 Å². The molecule has 2 saturated heterocycles. The Kier molecular flexibility index (Phi) is 5.01. The average molecular weight is 447 g/mol. The van der Waals surface area contributed by atoms with Crippen LogP contribution in [-0.4, -0.2) is 49.0 Å². The van der Waals surface area contributed by atoms with E-state index in [0.717, 1.165) is 18.7 Å². The van der Waals surface area contributed by atoms with E-state index >= 15 is 0 Å². The van der Waals surface area contributed by atoms with E-state index in [1.165, 1.54) is 29.8 Å². The first-order valence-corrected chi connectivity index (χ1v) is 11.4. The molecule has 33 heavy (non-hydrogen) atoms. The van der Waals surface area contributed by atoms with Crippen molar-refractivity contribution in [2.24, 2.45) is 7.05 Å². The predicted molar refractivity (Wildman–Crippen MR) is 128 cm³/mol. The summed E-state index contributed by atoms with van der Waals surface area (Å²) in [6.07, 6.45) is 6.06. The van der Waals surface area contributed by atoms with Crippen LogP contribution in [0.4, 0.5) is 5.82 Å². The maximum Gasteiger partial charge on any atom is 0.253 e. The number of phenolic OH excluding ortho intramolecular Hbond substituents is 1. The van der Waals surface area contributed by atoms with Gasteiger partial charge in [-0.1, -0.05) is 6.07 Å². The molecule has 172 valence electrons. The zero-order chi connectivity index (χ0) is 23.4. The SMILES string of the molecule is CN(c1ccc(-c2ccc(-c3cc(=O)n(C)cn3)cc2O)nn1)[C@H]1C[C@]2(C)CC[C@](C)(C1)N2. The number of nitrogens with one attached hydrogen (secondary N) is 1. The number of aryl methyl sites for hydroxylation is 1. The first-order valence-electron chi connectivity index (χ1n) is 11.4. The molecule has 2 bridgehead atoms. The normalized spacial score (nSPS) is 26.4. The lowest BCUT2D eigenvalue weighted by Crippen LogP contribution is -2.58. The third-order valence-corrected chi connectivity index (χ3v) is 7.31.